The molecule has 0 radical (unpaired) electrons. The summed E-state index contributed by atoms with van der Waals surface area (Å²) in [7, 11) is -1.20. The van der Waals surface area contributed by atoms with Crippen LogP contribution < -0.4 is 0 Å². The molecular formula is C27H60O4Si2. The van der Waals surface area contributed by atoms with E-state index in [0.29, 0.717) is 0 Å². The zero-order chi connectivity index (χ0) is 26.2. The molecule has 6 heteroatoms. The van der Waals surface area contributed by atoms with Crippen LogP contribution in [-0.2, 0) is 18.9 Å². The molecule has 0 saturated heterocycles. The molecule has 0 heterocycles. The van der Waals surface area contributed by atoms with Gasteiger partial charge in [0.05, 0.1) is 41.4 Å². The standard InChI is InChI=1S/C27H60O4Si2/c1-15-18-26(28-22(3,4)5,29-23(6,7)8)32-20-17-21-33-27(19-16-2,30-24(9,10)11)31-25(12,13)14/h15-21,32-33H2,1-14H3. The largest absolute Gasteiger partial charge is 0.349 e. The molecule has 0 aliphatic heterocycles. The number of rotatable bonds is 14. The Morgan fingerprint density at radius 1 is 0.455 bits per heavy atom. The van der Waals surface area contributed by atoms with Crippen molar-refractivity contribution in [3.8, 4) is 0 Å². The number of ether oxygens (including phenoxy) is 4. The molecule has 0 unspecified atom stereocenters. The van der Waals surface area contributed by atoms with Gasteiger partial charge in [0, 0.05) is 0 Å². The summed E-state index contributed by atoms with van der Waals surface area (Å²) in [5.74, 6) is 0. The summed E-state index contributed by atoms with van der Waals surface area (Å²) in [6, 6.07) is 2.46. The first-order valence-corrected chi connectivity index (χ1v) is 16.9. The lowest BCUT2D eigenvalue weighted by molar-refractivity contribution is -0.268. The summed E-state index contributed by atoms with van der Waals surface area (Å²) >= 11 is 0. The van der Waals surface area contributed by atoms with Crippen molar-refractivity contribution in [3.63, 3.8) is 0 Å². The van der Waals surface area contributed by atoms with Crippen LogP contribution in [0.5, 0.6) is 0 Å². The normalized spacial score (nSPS) is 15.5. The zero-order valence-electron chi connectivity index (χ0n) is 25.0. The van der Waals surface area contributed by atoms with Crippen molar-refractivity contribution >= 4 is 19.0 Å². The third-order valence-corrected chi connectivity index (χ3v) is 9.36. The van der Waals surface area contributed by atoms with Gasteiger partial charge in [0.1, 0.15) is 10.8 Å². The van der Waals surface area contributed by atoms with Crippen LogP contribution in [0.4, 0.5) is 0 Å². The minimum atomic E-state index is -0.599. The van der Waals surface area contributed by atoms with Crippen LogP contribution in [0.2, 0.25) is 12.1 Å². The first-order valence-electron chi connectivity index (χ1n) is 13.5. The monoisotopic (exact) mass is 504 g/mol. The highest BCUT2D eigenvalue weighted by molar-refractivity contribution is 6.41. The first-order chi connectivity index (χ1) is 14.7. The maximum absolute atomic E-state index is 6.66. The van der Waals surface area contributed by atoms with E-state index in [2.05, 4.69) is 96.9 Å². The highest BCUT2D eigenvalue weighted by atomic mass is 28.2. The molecule has 0 atom stereocenters. The summed E-state index contributed by atoms with van der Waals surface area (Å²) < 4.78 is 26.6. The van der Waals surface area contributed by atoms with Crippen LogP contribution in [0.3, 0.4) is 0 Å². The fourth-order valence-corrected chi connectivity index (χ4v) is 11.0. The SMILES string of the molecule is CCCC(OC(C)(C)C)(OC(C)(C)C)[SiH2]CCC[SiH2]C(CCC)(OC(C)(C)C)OC(C)(C)C. The molecule has 0 aromatic heterocycles. The van der Waals surface area contributed by atoms with Gasteiger partial charge in [-0.3, -0.25) is 0 Å². The molecule has 0 fully saturated rings. The van der Waals surface area contributed by atoms with E-state index < -0.39 is 29.9 Å². The Kier molecular flexibility index (Phi) is 13.1. The van der Waals surface area contributed by atoms with Gasteiger partial charge in [0.2, 0.25) is 0 Å². The fourth-order valence-electron chi connectivity index (χ4n) is 4.66. The molecule has 200 valence electrons. The minimum Gasteiger partial charge on any atom is -0.349 e. The molecule has 0 aromatic carbocycles. The molecular weight excluding hydrogens is 444 g/mol. The van der Waals surface area contributed by atoms with Crippen molar-refractivity contribution in [1.29, 1.82) is 0 Å². The van der Waals surface area contributed by atoms with Crippen LogP contribution >= 0.6 is 0 Å². The second kappa shape index (κ2) is 13.0. The van der Waals surface area contributed by atoms with E-state index in [9.17, 15) is 0 Å². The van der Waals surface area contributed by atoms with Gasteiger partial charge < -0.3 is 18.9 Å². The molecule has 0 rings (SSSR count). The van der Waals surface area contributed by atoms with Crippen molar-refractivity contribution in [1.82, 2.24) is 0 Å². The highest BCUT2D eigenvalue weighted by Gasteiger charge is 2.40. The third kappa shape index (κ3) is 16.6. The van der Waals surface area contributed by atoms with Gasteiger partial charge in [-0.2, -0.15) is 0 Å². The number of hydrogen-bond donors (Lipinski definition) is 0. The molecule has 0 bridgehead atoms. The van der Waals surface area contributed by atoms with Crippen molar-refractivity contribution in [2.45, 2.75) is 174 Å². The quantitative estimate of drug-likeness (QED) is 0.149. The van der Waals surface area contributed by atoms with Crippen LogP contribution in [-0.4, -0.2) is 52.3 Å². The molecule has 0 aliphatic rings. The van der Waals surface area contributed by atoms with Gasteiger partial charge in [-0.05, 0) is 95.9 Å². The second-order valence-electron chi connectivity index (χ2n) is 13.7. The Morgan fingerprint density at radius 2 is 0.697 bits per heavy atom. The van der Waals surface area contributed by atoms with E-state index in [-0.39, 0.29) is 22.4 Å². The predicted molar refractivity (Wildman–Crippen MR) is 150 cm³/mol. The molecule has 33 heavy (non-hydrogen) atoms. The smallest absolute Gasteiger partial charge is 0.146 e. The summed E-state index contributed by atoms with van der Waals surface area (Å²) in [5, 5.41) is 0. The van der Waals surface area contributed by atoms with E-state index in [1.807, 2.05) is 0 Å². The average Bonchev–Trinajstić information content (AvgIpc) is 2.48. The Labute approximate surface area is 212 Å². The predicted octanol–water partition coefficient (Wildman–Crippen LogP) is 6.72. The molecule has 0 N–H and O–H groups in total. The molecule has 0 aliphatic carbocycles. The maximum Gasteiger partial charge on any atom is 0.146 e. The van der Waals surface area contributed by atoms with E-state index >= 15 is 0 Å². The average molecular weight is 505 g/mol. The Hall–Kier alpha value is 0.274. The zero-order valence-corrected chi connectivity index (χ0v) is 27.8. The Balaban J connectivity index is 5.37. The second-order valence-corrected chi connectivity index (χ2v) is 18.3. The maximum atomic E-state index is 6.66. The summed E-state index contributed by atoms with van der Waals surface area (Å²) in [4.78, 5) is 0. The van der Waals surface area contributed by atoms with Gasteiger partial charge in [-0.15, -0.1) is 0 Å². The molecule has 0 amide bonds. The van der Waals surface area contributed by atoms with Gasteiger partial charge in [-0.1, -0.05) is 45.2 Å². The van der Waals surface area contributed by atoms with Gasteiger partial charge >= 0.3 is 0 Å². The van der Waals surface area contributed by atoms with E-state index in [0.717, 1.165) is 25.7 Å². The summed E-state index contributed by atoms with van der Waals surface area (Å²) in [6.45, 7) is 30.3. The van der Waals surface area contributed by atoms with E-state index in [1.54, 1.807) is 0 Å². The van der Waals surface area contributed by atoms with Crippen molar-refractivity contribution in [2.24, 2.45) is 0 Å². The highest BCUT2D eigenvalue weighted by Crippen LogP contribution is 2.33. The van der Waals surface area contributed by atoms with E-state index in [1.165, 1.54) is 18.5 Å². The lowest BCUT2D eigenvalue weighted by Crippen LogP contribution is -2.51. The fraction of sp³-hybridized carbons (Fsp3) is 1.00. The molecule has 0 saturated carbocycles. The Morgan fingerprint density at radius 3 is 0.879 bits per heavy atom. The minimum absolute atomic E-state index is 0.209. The summed E-state index contributed by atoms with van der Waals surface area (Å²) in [6.07, 6.45) is 5.33. The van der Waals surface area contributed by atoms with Crippen LogP contribution in [0.1, 0.15) is 129 Å². The molecule has 4 nitrogen and oxygen atoms in total. The summed E-state index contributed by atoms with van der Waals surface area (Å²) in [5.41, 5.74) is -1.62. The van der Waals surface area contributed by atoms with Crippen LogP contribution in [0.15, 0.2) is 0 Å². The Bertz CT molecular complexity index is 456. The lowest BCUT2D eigenvalue weighted by Gasteiger charge is -2.44. The van der Waals surface area contributed by atoms with Gasteiger partial charge in [0.15, 0.2) is 0 Å². The molecule has 0 spiro atoms. The lowest BCUT2D eigenvalue weighted by atomic mass is 10.1. The molecule has 0 aromatic rings. The van der Waals surface area contributed by atoms with Gasteiger partial charge in [-0.25, -0.2) is 0 Å². The van der Waals surface area contributed by atoms with Crippen LogP contribution in [0, 0.1) is 0 Å². The van der Waals surface area contributed by atoms with Gasteiger partial charge in [0.25, 0.3) is 0 Å². The first kappa shape index (κ1) is 33.3. The number of hydrogen-bond acceptors (Lipinski definition) is 4. The topological polar surface area (TPSA) is 36.9 Å². The van der Waals surface area contributed by atoms with Crippen LogP contribution in [0.25, 0.3) is 0 Å². The third-order valence-electron chi connectivity index (χ3n) is 4.85. The van der Waals surface area contributed by atoms with Crippen molar-refractivity contribution in [3.05, 3.63) is 0 Å². The van der Waals surface area contributed by atoms with Crippen molar-refractivity contribution in [2.75, 3.05) is 0 Å². The van der Waals surface area contributed by atoms with E-state index in [4.69, 9.17) is 18.9 Å². The van der Waals surface area contributed by atoms with Crippen molar-refractivity contribution < 1.29 is 18.9 Å².